The number of carbonyl (C=O) groups excluding carboxylic acids is 3. The van der Waals surface area contributed by atoms with E-state index in [1.165, 1.54) is 12.1 Å². The van der Waals surface area contributed by atoms with Gasteiger partial charge in [-0.2, -0.15) is 0 Å². The summed E-state index contributed by atoms with van der Waals surface area (Å²) in [5, 5.41) is 14.0. The number of benzene rings is 1. The number of hydrazine groups is 1. The summed E-state index contributed by atoms with van der Waals surface area (Å²) < 4.78 is 0. The summed E-state index contributed by atoms with van der Waals surface area (Å²) in [5.74, 6) is -2.56. The van der Waals surface area contributed by atoms with Crippen molar-refractivity contribution in [1.29, 1.82) is 0 Å². The fraction of sp³-hybridized carbons (Fsp3) is 0.500. The third-order valence-electron chi connectivity index (χ3n) is 4.79. The monoisotopic (exact) mass is 389 g/mol. The molecule has 1 aromatic rings. The summed E-state index contributed by atoms with van der Waals surface area (Å²) in [5.41, 5.74) is 4.48. The molecule has 0 bridgehead atoms. The molecule has 28 heavy (non-hydrogen) atoms. The van der Waals surface area contributed by atoms with Gasteiger partial charge in [-0.1, -0.05) is 12.8 Å². The van der Waals surface area contributed by atoms with Crippen LogP contribution in [0.25, 0.3) is 0 Å². The minimum atomic E-state index is -0.990. The largest absolute Gasteiger partial charge is 0.366 e. The zero-order chi connectivity index (χ0) is 20.1. The molecule has 2 aliphatic rings. The van der Waals surface area contributed by atoms with Gasteiger partial charge in [0.1, 0.15) is 5.69 Å². The van der Waals surface area contributed by atoms with Crippen LogP contribution in [0.2, 0.25) is 0 Å². The predicted molar refractivity (Wildman–Crippen MR) is 101 cm³/mol. The number of rotatable bonds is 4. The average molecular weight is 389 g/mol. The molecule has 3 amide bonds. The van der Waals surface area contributed by atoms with E-state index in [0.29, 0.717) is 5.69 Å². The third kappa shape index (κ3) is 4.96. The Morgan fingerprint density at radius 3 is 2.29 bits per heavy atom. The second-order valence-electron chi connectivity index (χ2n) is 7.02. The fourth-order valence-corrected chi connectivity index (χ4v) is 3.11. The van der Waals surface area contributed by atoms with Gasteiger partial charge in [-0.15, -0.1) is 0 Å². The lowest BCUT2D eigenvalue weighted by atomic mass is 10.1. The number of anilines is 1. The van der Waals surface area contributed by atoms with Crippen molar-refractivity contribution in [3.8, 4) is 0 Å². The molecule has 3 N–H and O–H groups in total. The van der Waals surface area contributed by atoms with Gasteiger partial charge in [0.25, 0.3) is 11.6 Å². The second-order valence-corrected chi connectivity index (χ2v) is 7.02. The molecule has 1 saturated carbocycles. The summed E-state index contributed by atoms with van der Waals surface area (Å²) in [6.45, 7) is 1.47. The van der Waals surface area contributed by atoms with Crippen LogP contribution < -0.4 is 21.1 Å². The SMILES string of the molecule is O=C(NNC(=O)c1ccc(N2CCCCCC2)c([N+](=O)[O-])c1)C(=O)NC1CC1. The zero-order valence-corrected chi connectivity index (χ0v) is 15.4. The van der Waals surface area contributed by atoms with Crippen LogP contribution in [0.1, 0.15) is 48.9 Å². The van der Waals surface area contributed by atoms with Crippen LogP contribution in [0.5, 0.6) is 0 Å². The smallest absolute Gasteiger partial charge is 0.327 e. The maximum Gasteiger partial charge on any atom is 0.327 e. The molecule has 150 valence electrons. The van der Waals surface area contributed by atoms with E-state index in [1.54, 1.807) is 6.07 Å². The summed E-state index contributed by atoms with van der Waals surface area (Å²) >= 11 is 0. The van der Waals surface area contributed by atoms with Crippen molar-refractivity contribution in [3.05, 3.63) is 33.9 Å². The van der Waals surface area contributed by atoms with E-state index in [-0.39, 0.29) is 17.3 Å². The van der Waals surface area contributed by atoms with Gasteiger partial charge in [0.15, 0.2) is 0 Å². The van der Waals surface area contributed by atoms with Gasteiger partial charge in [0.05, 0.1) is 4.92 Å². The van der Waals surface area contributed by atoms with Crippen LogP contribution in [-0.4, -0.2) is 41.8 Å². The first-order chi connectivity index (χ1) is 13.5. The van der Waals surface area contributed by atoms with Crippen molar-refractivity contribution in [3.63, 3.8) is 0 Å². The first kappa shape index (κ1) is 19.6. The Morgan fingerprint density at radius 1 is 1.00 bits per heavy atom. The lowest BCUT2D eigenvalue weighted by molar-refractivity contribution is -0.384. The molecule has 0 aromatic heterocycles. The molecule has 1 aliphatic heterocycles. The number of carbonyl (C=O) groups is 3. The third-order valence-corrected chi connectivity index (χ3v) is 4.79. The molecule has 1 aliphatic carbocycles. The quantitative estimate of drug-likeness (QED) is 0.400. The van der Waals surface area contributed by atoms with E-state index in [2.05, 4.69) is 10.7 Å². The molecule has 0 radical (unpaired) electrons. The highest BCUT2D eigenvalue weighted by molar-refractivity contribution is 6.35. The number of hydrogen-bond donors (Lipinski definition) is 3. The summed E-state index contributed by atoms with van der Waals surface area (Å²) in [6.07, 6.45) is 5.79. The van der Waals surface area contributed by atoms with Crippen molar-refractivity contribution in [2.24, 2.45) is 0 Å². The molecule has 1 aromatic carbocycles. The van der Waals surface area contributed by atoms with Crippen molar-refractivity contribution >= 4 is 29.1 Å². The number of nitrogens with zero attached hydrogens (tertiary/aromatic N) is 2. The highest BCUT2D eigenvalue weighted by Crippen LogP contribution is 2.31. The van der Waals surface area contributed by atoms with E-state index < -0.39 is 22.6 Å². The predicted octanol–water partition coefficient (Wildman–Crippen LogP) is 1.01. The van der Waals surface area contributed by atoms with Crippen molar-refractivity contribution in [1.82, 2.24) is 16.2 Å². The molecule has 0 atom stereocenters. The van der Waals surface area contributed by atoms with Crippen molar-refractivity contribution < 1.29 is 19.3 Å². The van der Waals surface area contributed by atoms with E-state index >= 15 is 0 Å². The molecule has 10 nitrogen and oxygen atoms in total. The Bertz CT molecular complexity index is 785. The Morgan fingerprint density at radius 2 is 1.68 bits per heavy atom. The Balaban J connectivity index is 1.66. The molecule has 2 fully saturated rings. The molecule has 0 spiro atoms. The van der Waals surface area contributed by atoms with Gasteiger partial charge in [-0.3, -0.25) is 35.3 Å². The van der Waals surface area contributed by atoms with Gasteiger partial charge in [-0.05, 0) is 37.8 Å². The normalized spacial score (nSPS) is 16.6. The standard InChI is InChI=1S/C18H23N5O5/c24-16(20-21-18(26)17(25)19-13-6-7-13)12-5-8-14(15(11-12)23(27)28)22-9-3-1-2-4-10-22/h5,8,11,13H,1-4,6-7,9-10H2,(H,19,25)(H,20,24)(H,21,26). The van der Waals surface area contributed by atoms with Crippen LogP contribution in [0, 0.1) is 10.1 Å². The number of nitro benzene ring substituents is 1. The summed E-state index contributed by atoms with van der Waals surface area (Å²) in [7, 11) is 0. The lowest BCUT2D eigenvalue weighted by Crippen LogP contribution is -2.49. The van der Waals surface area contributed by atoms with Gasteiger partial charge >= 0.3 is 11.8 Å². The summed E-state index contributed by atoms with van der Waals surface area (Å²) in [6, 6.07) is 4.23. The molecule has 3 rings (SSSR count). The minimum Gasteiger partial charge on any atom is -0.366 e. The second kappa shape index (κ2) is 8.68. The first-order valence-corrected chi connectivity index (χ1v) is 9.40. The average Bonchev–Trinajstić information content (AvgIpc) is 3.52. The molecule has 0 unspecified atom stereocenters. The van der Waals surface area contributed by atoms with E-state index in [9.17, 15) is 24.5 Å². The number of nitro groups is 1. The van der Waals surface area contributed by atoms with Crippen LogP contribution in [0.4, 0.5) is 11.4 Å². The van der Waals surface area contributed by atoms with Gasteiger partial charge in [0, 0.05) is 30.8 Å². The molecule has 1 saturated heterocycles. The molecular formula is C18H23N5O5. The number of amides is 3. The minimum absolute atomic E-state index is 0.0168. The van der Waals surface area contributed by atoms with Crippen molar-refractivity contribution in [2.45, 2.75) is 44.6 Å². The topological polar surface area (TPSA) is 134 Å². The van der Waals surface area contributed by atoms with Crippen LogP contribution >= 0.6 is 0 Å². The molecular weight excluding hydrogens is 366 g/mol. The Hall–Kier alpha value is -3.17. The van der Waals surface area contributed by atoms with Crippen LogP contribution in [0.15, 0.2) is 18.2 Å². The summed E-state index contributed by atoms with van der Waals surface area (Å²) in [4.78, 5) is 48.4. The molecule has 1 heterocycles. The fourth-order valence-electron chi connectivity index (χ4n) is 3.11. The van der Waals surface area contributed by atoms with Crippen LogP contribution in [-0.2, 0) is 9.59 Å². The van der Waals surface area contributed by atoms with E-state index in [1.807, 2.05) is 10.3 Å². The highest BCUT2D eigenvalue weighted by Gasteiger charge is 2.27. The first-order valence-electron chi connectivity index (χ1n) is 9.40. The number of nitrogens with one attached hydrogen (secondary N) is 3. The maximum atomic E-state index is 12.2. The Labute approximate surface area is 161 Å². The lowest BCUT2D eigenvalue weighted by Gasteiger charge is -2.22. The molecule has 10 heteroatoms. The van der Waals surface area contributed by atoms with E-state index in [0.717, 1.165) is 51.6 Å². The maximum absolute atomic E-state index is 12.2. The zero-order valence-electron chi connectivity index (χ0n) is 15.4. The highest BCUT2D eigenvalue weighted by atomic mass is 16.6. The van der Waals surface area contributed by atoms with Gasteiger partial charge in [-0.25, -0.2) is 0 Å². The van der Waals surface area contributed by atoms with Gasteiger partial charge < -0.3 is 10.2 Å². The Kier molecular flexibility index (Phi) is 6.07. The van der Waals surface area contributed by atoms with Gasteiger partial charge in [0.2, 0.25) is 0 Å². The van der Waals surface area contributed by atoms with E-state index in [4.69, 9.17) is 0 Å². The number of hydrogen-bond acceptors (Lipinski definition) is 6. The van der Waals surface area contributed by atoms with Crippen LogP contribution in [0.3, 0.4) is 0 Å². The van der Waals surface area contributed by atoms with Crippen molar-refractivity contribution in [2.75, 3.05) is 18.0 Å².